The van der Waals surface area contributed by atoms with Crippen molar-refractivity contribution in [3.05, 3.63) is 12.7 Å². The van der Waals surface area contributed by atoms with Crippen molar-refractivity contribution in [2.24, 2.45) is 34.5 Å². The second-order valence-electron chi connectivity index (χ2n) is 9.65. The van der Waals surface area contributed by atoms with Crippen LogP contribution >= 0.6 is 0 Å². The molecule has 4 saturated carbocycles. The number of hydrogen-bond acceptors (Lipinski definition) is 3. The van der Waals surface area contributed by atoms with Gasteiger partial charge in [0.25, 0.3) is 0 Å². The summed E-state index contributed by atoms with van der Waals surface area (Å²) in [6.45, 7) is 8.40. The summed E-state index contributed by atoms with van der Waals surface area (Å²) >= 11 is 0. The molecule has 4 fully saturated rings. The first-order valence-corrected chi connectivity index (χ1v) is 10.2. The maximum Gasteiger partial charge on any atom is 0.330 e. The molecule has 0 aromatic rings. The van der Waals surface area contributed by atoms with Gasteiger partial charge >= 0.3 is 5.97 Å². The van der Waals surface area contributed by atoms with Crippen molar-refractivity contribution in [3.63, 3.8) is 0 Å². The Balaban J connectivity index is 1.57. The number of Topliss-reactive ketones (excluding diaryl/α,β-unsaturated/α-hetero) is 1. The molecule has 7 atom stereocenters. The summed E-state index contributed by atoms with van der Waals surface area (Å²) in [4.78, 5) is 23.7. The predicted molar refractivity (Wildman–Crippen MR) is 96.8 cm³/mol. The van der Waals surface area contributed by atoms with E-state index in [1.165, 1.54) is 31.8 Å². The zero-order valence-corrected chi connectivity index (χ0v) is 15.8. The predicted octanol–water partition coefficient (Wildman–Crippen LogP) is 4.70. The van der Waals surface area contributed by atoms with Crippen LogP contribution in [0.5, 0.6) is 0 Å². The van der Waals surface area contributed by atoms with Gasteiger partial charge in [0, 0.05) is 24.3 Å². The zero-order valence-electron chi connectivity index (χ0n) is 15.8. The highest BCUT2D eigenvalue weighted by atomic mass is 16.5. The number of carbonyl (C=O) groups is 2. The van der Waals surface area contributed by atoms with E-state index in [0.29, 0.717) is 23.0 Å². The van der Waals surface area contributed by atoms with Gasteiger partial charge in [-0.25, -0.2) is 4.79 Å². The summed E-state index contributed by atoms with van der Waals surface area (Å²) in [5.74, 6) is 3.00. The minimum Gasteiger partial charge on any atom is -0.459 e. The number of carbonyl (C=O) groups excluding carboxylic acids is 2. The van der Waals surface area contributed by atoms with Crippen LogP contribution in [-0.2, 0) is 14.3 Å². The molecule has 3 nitrogen and oxygen atoms in total. The van der Waals surface area contributed by atoms with Crippen molar-refractivity contribution in [3.8, 4) is 0 Å². The average Bonchev–Trinajstić information content (AvgIpc) is 2.92. The largest absolute Gasteiger partial charge is 0.459 e. The van der Waals surface area contributed by atoms with E-state index in [1.807, 2.05) is 0 Å². The summed E-state index contributed by atoms with van der Waals surface area (Å²) in [5, 5.41) is 0. The van der Waals surface area contributed by atoms with Crippen LogP contribution in [0, 0.1) is 34.5 Å². The molecule has 0 aromatic carbocycles. The van der Waals surface area contributed by atoms with Gasteiger partial charge in [0.2, 0.25) is 0 Å². The van der Waals surface area contributed by atoms with Crippen molar-refractivity contribution < 1.29 is 14.3 Å². The molecule has 138 valence electrons. The number of rotatable bonds is 2. The fraction of sp³-hybridized carbons (Fsp3) is 0.818. The van der Waals surface area contributed by atoms with Gasteiger partial charge in [-0.1, -0.05) is 20.4 Å². The van der Waals surface area contributed by atoms with Gasteiger partial charge in [-0.05, 0) is 74.0 Å². The van der Waals surface area contributed by atoms with E-state index in [-0.39, 0.29) is 17.5 Å². The molecule has 0 saturated heterocycles. The lowest BCUT2D eigenvalue weighted by Gasteiger charge is -2.60. The van der Waals surface area contributed by atoms with Gasteiger partial charge < -0.3 is 4.74 Å². The van der Waals surface area contributed by atoms with E-state index in [2.05, 4.69) is 20.4 Å². The van der Waals surface area contributed by atoms with Gasteiger partial charge in [-0.2, -0.15) is 0 Å². The van der Waals surface area contributed by atoms with Crippen LogP contribution in [0.2, 0.25) is 0 Å². The summed E-state index contributed by atoms with van der Waals surface area (Å²) < 4.78 is 5.76. The second kappa shape index (κ2) is 5.96. The van der Waals surface area contributed by atoms with E-state index < -0.39 is 0 Å². The molecule has 25 heavy (non-hydrogen) atoms. The molecule has 4 aliphatic carbocycles. The van der Waals surface area contributed by atoms with Crippen molar-refractivity contribution in [1.29, 1.82) is 0 Å². The van der Waals surface area contributed by atoms with Crippen LogP contribution in [-0.4, -0.2) is 17.9 Å². The van der Waals surface area contributed by atoms with Gasteiger partial charge in [0.1, 0.15) is 11.9 Å². The highest BCUT2D eigenvalue weighted by Crippen LogP contribution is 2.66. The Morgan fingerprint density at radius 3 is 2.60 bits per heavy atom. The lowest BCUT2D eigenvalue weighted by atomic mass is 9.45. The molecule has 0 heterocycles. The minimum absolute atomic E-state index is 0.0578. The average molecular weight is 344 g/mol. The van der Waals surface area contributed by atoms with Crippen LogP contribution in [0.4, 0.5) is 0 Å². The molecule has 0 aromatic heterocycles. The molecule has 0 aliphatic heterocycles. The van der Waals surface area contributed by atoms with E-state index in [1.54, 1.807) is 0 Å². The Morgan fingerprint density at radius 2 is 1.84 bits per heavy atom. The lowest BCUT2D eigenvalue weighted by Crippen LogP contribution is -2.54. The lowest BCUT2D eigenvalue weighted by molar-refractivity contribution is -0.159. The first-order valence-electron chi connectivity index (χ1n) is 10.2. The molecule has 4 rings (SSSR count). The van der Waals surface area contributed by atoms with Gasteiger partial charge in [-0.15, -0.1) is 0 Å². The maximum absolute atomic E-state index is 12.0. The van der Waals surface area contributed by atoms with Crippen LogP contribution in [0.3, 0.4) is 0 Å². The van der Waals surface area contributed by atoms with Crippen molar-refractivity contribution in [2.45, 2.75) is 77.7 Å². The molecule has 0 spiro atoms. The Morgan fingerprint density at radius 1 is 1.08 bits per heavy atom. The van der Waals surface area contributed by atoms with Crippen molar-refractivity contribution in [1.82, 2.24) is 0 Å². The molecule has 1 unspecified atom stereocenters. The Labute approximate surface area is 151 Å². The Bertz CT molecular complexity index is 596. The number of ether oxygens (including phenoxy) is 1. The zero-order chi connectivity index (χ0) is 17.8. The van der Waals surface area contributed by atoms with Gasteiger partial charge in [0.15, 0.2) is 0 Å². The van der Waals surface area contributed by atoms with Crippen molar-refractivity contribution >= 4 is 11.8 Å². The molecule has 4 aliphatic rings. The molecular weight excluding hydrogens is 312 g/mol. The SMILES string of the molecule is C=CC(=O)O[C@H]1CCC2[C@@H]3CC[C@H]4CC(=O)CC[C@]4(C)[C@H]3CC[C@@]21C. The molecule has 0 amide bonds. The maximum atomic E-state index is 12.0. The van der Waals surface area contributed by atoms with Crippen LogP contribution < -0.4 is 0 Å². The summed E-state index contributed by atoms with van der Waals surface area (Å²) in [5.41, 5.74) is 0.488. The quantitative estimate of drug-likeness (QED) is 0.539. The van der Waals surface area contributed by atoms with Gasteiger partial charge in [0.05, 0.1) is 0 Å². The van der Waals surface area contributed by atoms with Crippen LogP contribution in [0.1, 0.15) is 71.6 Å². The molecule has 0 radical (unpaired) electrons. The third-order valence-electron chi connectivity index (χ3n) is 8.82. The number of esters is 1. The fourth-order valence-corrected chi connectivity index (χ4v) is 7.38. The Kier molecular flexibility index (Phi) is 4.12. The molecule has 3 heteroatoms. The van der Waals surface area contributed by atoms with Crippen molar-refractivity contribution in [2.75, 3.05) is 0 Å². The van der Waals surface area contributed by atoms with E-state index in [9.17, 15) is 9.59 Å². The number of ketones is 1. The number of hydrogen-bond donors (Lipinski definition) is 0. The first kappa shape index (κ1) is 17.3. The highest BCUT2D eigenvalue weighted by molar-refractivity contribution is 5.81. The van der Waals surface area contributed by atoms with Crippen LogP contribution in [0.15, 0.2) is 12.7 Å². The van der Waals surface area contributed by atoms with Gasteiger partial charge in [-0.3, -0.25) is 4.79 Å². The standard InChI is InChI=1S/C22H32O3/c1-4-20(24)25-19-8-7-17-16-6-5-14-13-15(23)9-11-21(14,2)18(16)10-12-22(17,19)3/h4,14,16-19H,1,5-13H2,2-3H3/t14-,16-,17?,18-,19-,21-,22-/m0/s1. The molecule has 0 N–H and O–H groups in total. The summed E-state index contributed by atoms with van der Waals surface area (Å²) in [7, 11) is 0. The minimum atomic E-state index is -0.268. The second-order valence-corrected chi connectivity index (χ2v) is 9.65. The topological polar surface area (TPSA) is 43.4 Å². The van der Waals surface area contributed by atoms with E-state index in [4.69, 9.17) is 4.74 Å². The summed E-state index contributed by atoms with van der Waals surface area (Å²) in [6, 6.07) is 0. The van der Waals surface area contributed by atoms with E-state index >= 15 is 0 Å². The van der Waals surface area contributed by atoms with E-state index in [0.717, 1.165) is 43.9 Å². The Hall–Kier alpha value is -1.12. The smallest absolute Gasteiger partial charge is 0.330 e. The third kappa shape index (κ3) is 2.52. The normalized spacial score (nSPS) is 48.9. The van der Waals surface area contributed by atoms with Crippen LogP contribution in [0.25, 0.3) is 0 Å². The molecular formula is C22H32O3. The summed E-state index contributed by atoms with van der Waals surface area (Å²) in [6.07, 6.45) is 11.1. The monoisotopic (exact) mass is 344 g/mol. The fourth-order valence-electron chi connectivity index (χ4n) is 7.38. The third-order valence-corrected chi connectivity index (χ3v) is 8.82. The number of fused-ring (bicyclic) bond motifs is 5. The molecule has 0 bridgehead atoms. The highest BCUT2D eigenvalue weighted by Gasteiger charge is 2.61. The first-order chi connectivity index (χ1) is 11.9.